The van der Waals surface area contributed by atoms with E-state index in [1.807, 2.05) is 6.92 Å². The summed E-state index contributed by atoms with van der Waals surface area (Å²) in [5.74, 6) is -3.87. The number of fused-ring (bicyclic) bond motifs is 1. The summed E-state index contributed by atoms with van der Waals surface area (Å²) in [5.41, 5.74) is -1.91. The number of hydrogen-bond acceptors (Lipinski definition) is 7. The minimum absolute atomic E-state index is 0.0115. The molecular formula is C25H32FN5O6. The van der Waals surface area contributed by atoms with E-state index in [0.717, 1.165) is 11.0 Å². The number of aliphatic hydroxyl groups is 1. The van der Waals surface area contributed by atoms with Crippen molar-refractivity contribution in [1.29, 1.82) is 0 Å². The minimum Gasteiger partial charge on any atom is -0.501 e. The van der Waals surface area contributed by atoms with Crippen molar-refractivity contribution in [3.63, 3.8) is 0 Å². The van der Waals surface area contributed by atoms with E-state index in [9.17, 15) is 33.8 Å². The number of amides is 3. The summed E-state index contributed by atoms with van der Waals surface area (Å²) in [5, 5.41) is 25.4. The predicted octanol–water partition coefficient (Wildman–Crippen LogP) is 0.750. The monoisotopic (exact) mass is 517 g/mol. The molecule has 1 aromatic carbocycles. The van der Waals surface area contributed by atoms with Gasteiger partial charge in [0.05, 0.1) is 12.1 Å². The maximum absolute atomic E-state index is 13.5. The van der Waals surface area contributed by atoms with Crippen LogP contribution in [0.2, 0.25) is 0 Å². The van der Waals surface area contributed by atoms with Gasteiger partial charge in [-0.2, -0.15) is 0 Å². The van der Waals surface area contributed by atoms with Gasteiger partial charge >= 0.3 is 11.8 Å². The van der Waals surface area contributed by atoms with Crippen LogP contribution in [0.25, 0.3) is 0 Å². The lowest BCUT2D eigenvalue weighted by molar-refractivity contribution is -0.145. The molecule has 1 aliphatic heterocycles. The summed E-state index contributed by atoms with van der Waals surface area (Å²) < 4.78 is 14.7. The molecule has 0 saturated heterocycles. The van der Waals surface area contributed by atoms with Crippen molar-refractivity contribution in [2.24, 2.45) is 5.92 Å². The number of nitrogens with one attached hydrogen (secondary N) is 2. The summed E-state index contributed by atoms with van der Waals surface area (Å²) >= 11 is 0. The summed E-state index contributed by atoms with van der Waals surface area (Å²) in [6.07, 6.45) is 1.20. The lowest BCUT2D eigenvalue weighted by atomic mass is 9.87. The number of aliphatic hydroxyl groups excluding tert-OH is 1. The highest BCUT2D eigenvalue weighted by Gasteiger charge is 2.42. The van der Waals surface area contributed by atoms with Gasteiger partial charge < -0.3 is 25.7 Å². The fourth-order valence-electron chi connectivity index (χ4n) is 4.43. The molecule has 0 fully saturated rings. The molecule has 2 atom stereocenters. The zero-order chi connectivity index (χ0) is 27.5. The Balaban J connectivity index is 2.05. The first-order valence-corrected chi connectivity index (χ1v) is 12.0. The van der Waals surface area contributed by atoms with Gasteiger partial charge in [-0.25, -0.2) is 9.37 Å². The summed E-state index contributed by atoms with van der Waals surface area (Å²) in [4.78, 5) is 56.8. The molecule has 4 N–H and O–H groups in total. The first kappa shape index (κ1) is 27.8. The number of carbonyl (C=O) groups excluding carboxylic acids is 3. The molecule has 2 aromatic rings. The molecule has 0 spiro atoms. The molecule has 0 saturated carbocycles. The number of aromatic hydroxyl groups is 1. The minimum atomic E-state index is -1.24. The summed E-state index contributed by atoms with van der Waals surface area (Å²) in [7, 11) is 2.88. The van der Waals surface area contributed by atoms with Gasteiger partial charge in [-0.15, -0.1) is 0 Å². The van der Waals surface area contributed by atoms with Crippen LogP contribution in [-0.2, 0) is 34.8 Å². The van der Waals surface area contributed by atoms with E-state index in [0.29, 0.717) is 18.4 Å². The lowest BCUT2D eigenvalue weighted by Crippen LogP contribution is -2.53. The molecular weight excluding hydrogens is 485 g/mol. The Morgan fingerprint density at radius 1 is 1.27 bits per heavy atom. The van der Waals surface area contributed by atoms with Crippen LogP contribution in [0.1, 0.15) is 60.5 Å². The van der Waals surface area contributed by atoms with Gasteiger partial charge in [-0.1, -0.05) is 19.9 Å². The van der Waals surface area contributed by atoms with Crippen molar-refractivity contribution in [2.75, 3.05) is 14.1 Å². The van der Waals surface area contributed by atoms with Crippen molar-refractivity contribution >= 4 is 17.7 Å². The van der Waals surface area contributed by atoms with E-state index >= 15 is 0 Å². The third kappa shape index (κ3) is 5.63. The SMILES string of the molecule is CCC1(NC(=O)C(=O)N(C)C)CCC(C)Cn2c1nc(C(=O)NCc1ccc(F)cc1CO)c(O)c2=O. The van der Waals surface area contributed by atoms with Crippen LogP contribution in [0.4, 0.5) is 4.39 Å². The van der Waals surface area contributed by atoms with Crippen molar-refractivity contribution in [3.05, 3.63) is 57.0 Å². The van der Waals surface area contributed by atoms with Crippen LogP contribution in [0.15, 0.2) is 23.0 Å². The molecule has 0 bridgehead atoms. The number of likely N-dealkylation sites (N-methyl/N-ethyl adjacent to an activating group) is 1. The van der Waals surface area contributed by atoms with Gasteiger partial charge in [-0.05, 0) is 48.4 Å². The van der Waals surface area contributed by atoms with E-state index in [4.69, 9.17) is 0 Å². The highest BCUT2D eigenvalue weighted by atomic mass is 19.1. The third-order valence-electron chi connectivity index (χ3n) is 6.68. The highest BCUT2D eigenvalue weighted by Crippen LogP contribution is 2.34. The zero-order valence-electron chi connectivity index (χ0n) is 21.3. The second kappa shape index (κ2) is 11.1. The fraction of sp³-hybridized carbons (Fsp3) is 0.480. The average Bonchev–Trinajstić information content (AvgIpc) is 3.01. The standard InChI is InChI=1S/C25H32FN5O6/c1-5-25(29-21(35)23(37)30(3)4)9-8-14(2)12-31-22(36)19(33)18(28-24(25)31)20(34)27-11-15-6-7-17(26)10-16(15)13-32/h6-7,10,14,32-33H,5,8-9,11-13H2,1-4H3,(H,27,34)(H,29,35). The predicted molar refractivity (Wildman–Crippen MR) is 131 cm³/mol. The Morgan fingerprint density at radius 2 is 1.97 bits per heavy atom. The van der Waals surface area contributed by atoms with Crippen LogP contribution in [-0.4, -0.2) is 56.5 Å². The second-order valence-corrected chi connectivity index (χ2v) is 9.54. The van der Waals surface area contributed by atoms with Crippen molar-refractivity contribution < 1.29 is 29.0 Å². The van der Waals surface area contributed by atoms with E-state index in [-0.39, 0.29) is 36.8 Å². The van der Waals surface area contributed by atoms with Gasteiger partial charge in [0.2, 0.25) is 5.75 Å². The third-order valence-corrected chi connectivity index (χ3v) is 6.68. The van der Waals surface area contributed by atoms with Gasteiger partial charge in [0.1, 0.15) is 11.6 Å². The quantitative estimate of drug-likeness (QED) is 0.412. The smallest absolute Gasteiger partial charge is 0.311 e. The van der Waals surface area contributed by atoms with Crippen molar-refractivity contribution in [2.45, 2.75) is 58.3 Å². The number of hydrogen-bond donors (Lipinski definition) is 4. The number of aromatic nitrogens is 2. The molecule has 11 nitrogen and oxygen atoms in total. The average molecular weight is 518 g/mol. The molecule has 37 heavy (non-hydrogen) atoms. The molecule has 1 aliphatic rings. The summed E-state index contributed by atoms with van der Waals surface area (Å²) in [6, 6.07) is 3.72. The van der Waals surface area contributed by atoms with E-state index in [1.54, 1.807) is 6.92 Å². The van der Waals surface area contributed by atoms with Crippen LogP contribution >= 0.6 is 0 Å². The van der Waals surface area contributed by atoms with Gasteiger partial charge in [0.15, 0.2) is 5.69 Å². The highest BCUT2D eigenvalue weighted by molar-refractivity contribution is 6.35. The van der Waals surface area contributed by atoms with Crippen molar-refractivity contribution in [1.82, 2.24) is 25.1 Å². The van der Waals surface area contributed by atoms with Crippen LogP contribution in [0, 0.1) is 11.7 Å². The number of nitrogens with zero attached hydrogens (tertiary/aromatic N) is 3. The van der Waals surface area contributed by atoms with Crippen LogP contribution in [0.5, 0.6) is 5.75 Å². The lowest BCUT2D eigenvalue weighted by Gasteiger charge is -2.33. The Hall–Kier alpha value is -3.80. The molecule has 0 aliphatic carbocycles. The molecule has 3 rings (SSSR count). The number of carbonyl (C=O) groups is 3. The maximum atomic E-state index is 13.5. The Labute approximate surface area is 213 Å². The maximum Gasteiger partial charge on any atom is 0.311 e. The Kier molecular flexibility index (Phi) is 8.32. The van der Waals surface area contributed by atoms with Crippen LogP contribution < -0.4 is 16.2 Å². The van der Waals surface area contributed by atoms with Gasteiger partial charge in [0.25, 0.3) is 11.5 Å². The molecule has 200 valence electrons. The Bertz CT molecular complexity index is 1280. The fourth-order valence-corrected chi connectivity index (χ4v) is 4.43. The number of benzene rings is 1. The normalized spacial score (nSPS) is 18.9. The molecule has 1 aromatic heterocycles. The molecule has 3 amide bonds. The van der Waals surface area contributed by atoms with Gasteiger partial charge in [-0.3, -0.25) is 23.7 Å². The zero-order valence-corrected chi connectivity index (χ0v) is 21.3. The second-order valence-electron chi connectivity index (χ2n) is 9.54. The van der Waals surface area contributed by atoms with Crippen molar-refractivity contribution in [3.8, 4) is 5.75 Å². The van der Waals surface area contributed by atoms with E-state index in [2.05, 4.69) is 15.6 Å². The summed E-state index contributed by atoms with van der Waals surface area (Å²) in [6.45, 7) is 3.30. The number of rotatable bonds is 6. The van der Waals surface area contributed by atoms with Gasteiger partial charge in [0, 0.05) is 27.2 Å². The van der Waals surface area contributed by atoms with E-state index in [1.165, 1.54) is 30.8 Å². The molecule has 12 heteroatoms. The molecule has 2 heterocycles. The number of halogens is 1. The first-order valence-electron chi connectivity index (χ1n) is 12.0. The topological polar surface area (TPSA) is 154 Å². The van der Waals surface area contributed by atoms with E-state index < -0.39 is 52.7 Å². The first-order chi connectivity index (χ1) is 17.4. The van der Waals surface area contributed by atoms with Crippen LogP contribution in [0.3, 0.4) is 0 Å². The molecule has 2 unspecified atom stereocenters. The largest absolute Gasteiger partial charge is 0.501 e. The Morgan fingerprint density at radius 3 is 2.59 bits per heavy atom. The molecule has 0 radical (unpaired) electrons.